The van der Waals surface area contributed by atoms with Crippen molar-refractivity contribution in [2.24, 2.45) is 0 Å². The van der Waals surface area contributed by atoms with Gasteiger partial charge in [0.25, 0.3) is 0 Å². The Balaban J connectivity index is 2.04. The first-order valence-corrected chi connectivity index (χ1v) is 7.35. The number of H-pyrrole nitrogens is 1. The highest BCUT2D eigenvalue weighted by molar-refractivity contribution is 9.10. The molecule has 0 spiro atoms. The van der Waals surface area contributed by atoms with Crippen LogP contribution in [-0.2, 0) is 6.54 Å². The normalized spacial score (nSPS) is 11.5. The van der Waals surface area contributed by atoms with Crippen LogP contribution >= 0.6 is 15.9 Å². The van der Waals surface area contributed by atoms with Crippen LogP contribution in [0.2, 0.25) is 0 Å². The number of nitrogens with one attached hydrogen (secondary N) is 2. The Bertz CT molecular complexity index is 718. The minimum Gasteiger partial charge on any atom is -0.341 e. The van der Waals surface area contributed by atoms with Crippen LogP contribution in [0.4, 0.5) is 0 Å². The average molecular weight is 318 g/mol. The number of imidazole rings is 1. The van der Waals surface area contributed by atoms with Gasteiger partial charge in [0.15, 0.2) is 0 Å². The zero-order chi connectivity index (χ0) is 13.2. The molecule has 0 aliphatic heterocycles. The second-order valence-corrected chi connectivity index (χ2v) is 5.60. The summed E-state index contributed by atoms with van der Waals surface area (Å²) in [6.07, 6.45) is 1.14. The first kappa shape index (κ1) is 12.6. The quantitative estimate of drug-likeness (QED) is 0.715. The van der Waals surface area contributed by atoms with E-state index in [2.05, 4.69) is 63.5 Å². The predicted octanol–water partition coefficient (Wildman–Crippen LogP) is 3.98. The van der Waals surface area contributed by atoms with Crippen molar-refractivity contribution in [1.82, 2.24) is 15.3 Å². The third kappa shape index (κ3) is 2.51. The van der Waals surface area contributed by atoms with E-state index in [-0.39, 0.29) is 0 Å². The van der Waals surface area contributed by atoms with Gasteiger partial charge in [-0.2, -0.15) is 0 Å². The fraction of sp³-hybridized carbons (Fsp3) is 0.267. The molecule has 0 bridgehead atoms. The maximum atomic E-state index is 4.71. The largest absolute Gasteiger partial charge is 0.341 e. The molecule has 4 heteroatoms. The van der Waals surface area contributed by atoms with E-state index in [0.29, 0.717) is 0 Å². The van der Waals surface area contributed by atoms with Crippen LogP contribution in [0, 0.1) is 0 Å². The van der Waals surface area contributed by atoms with Crippen molar-refractivity contribution < 1.29 is 0 Å². The van der Waals surface area contributed by atoms with Gasteiger partial charge in [-0.15, -0.1) is 0 Å². The van der Waals surface area contributed by atoms with Crippen LogP contribution < -0.4 is 5.32 Å². The molecular weight excluding hydrogens is 302 g/mol. The van der Waals surface area contributed by atoms with E-state index in [1.807, 2.05) is 0 Å². The summed E-state index contributed by atoms with van der Waals surface area (Å²) in [6, 6.07) is 10.5. The molecule has 0 unspecified atom stereocenters. The fourth-order valence-electron chi connectivity index (χ4n) is 2.29. The van der Waals surface area contributed by atoms with Gasteiger partial charge in [0.05, 0.1) is 17.6 Å². The molecule has 3 rings (SSSR count). The van der Waals surface area contributed by atoms with E-state index in [1.165, 1.54) is 10.8 Å². The van der Waals surface area contributed by atoms with Gasteiger partial charge in [0.2, 0.25) is 0 Å². The number of hydrogen-bond donors (Lipinski definition) is 2. The van der Waals surface area contributed by atoms with Crippen LogP contribution in [0.1, 0.15) is 19.2 Å². The summed E-state index contributed by atoms with van der Waals surface area (Å²) in [5.41, 5.74) is 2.15. The number of aromatic amines is 1. The average Bonchev–Trinajstić information content (AvgIpc) is 2.81. The van der Waals surface area contributed by atoms with E-state index in [0.717, 1.165) is 40.8 Å². The molecule has 3 nitrogen and oxygen atoms in total. The van der Waals surface area contributed by atoms with Crippen molar-refractivity contribution in [3.8, 4) is 0 Å². The molecule has 0 atom stereocenters. The van der Waals surface area contributed by atoms with Crippen LogP contribution in [0.25, 0.3) is 21.8 Å². The molecule has 98 valence electrons. The molecule has 3 aromatic rings. The number of aromatic nitrogens is 2. The summed E-state index contributed by atoms with van der Waals surface area (Å²) in [5, 5.41) is 5.77. The highest BCUT2D eigenvalue weighted by Crippen LogP contribution is 2.26. The second-order valence-electron chi connectivity index (χ2n) is 4.69. The van der Waals surface area contributed by atoms with Crippen LogP contribution in [-0.4, -0.2) is 16.5 Å². The number of hydrogen-bond acceptors (Lipinski definition) is 2. The summed E-state index contributed by atoms with van der Waals surface area (Å²) >= 11 is 3.51. The summed E-state index contributed by atoms with van der Waals surface area (Å²) in [6.45, 7) is 3.97. The summed E-state index contributed by atoms with van der Waals surface area (Å²) in [4.78, 5) is 8.08. The third-order valence-corrected chi connectivity index (χ3v) is 3.69. The maximum Gasteiger partial charge on any atom is 0.121 e. The van der Waals surface area contributed by atoms with Gasteiger partial charge >= 0.3 is 0 Å². The van der Waals surface area contributed by atoms with Gasteiger partial charge in [-0.25, -0.2) is 4.98 Å². The molecule has 19 heavy (non-hydrogen) atoms. The molecule has 0 aliphatic carbocycles. The Morgan fingerprint density at radius 1 is 1.26 bits per heavy atom. The lowest BCUT2D eigenvalue weighted by Crippen LogP contribution is -2.14. The molecule has 0 saturated heterocycles. The lowest BCUT2D eigenvalue weighted by Gasteiger charge is -1.99. The van der Waals surface area contributed by atoms with Crippen LogP contribution in [0.5, 0.6) is 0 Å². The molecule has 0 radical (unpaired) electrons. The standard InChI is InChI=1S/C15H16BrN3/c1-2-7-17-9-14-18-13-6-3-10-8-11(16)4-5-12(10)15(13)19-14/h3-6,8,17H,2,7,9H2,1H3,(H,18,19). The van der Waals surface area contributed by atoms with Gasteiger partial charge in [-0.3, -0.25) is 0 Å². The summed E-state index contributed by atoms with van der Waals surface area (Å²) in [5.74, 6) is 0.999. The first-order valence-electron chi connectivity index (χ1n) is 6.55. The Morgan fingerprint density at radius 2 is 2.16 bits per heavy atom. The monoisotopic (exact) mass is 317 g/mol. The first-order chi connectivity index (χ1) is 9.28. The molecule has 2 N–H and O–H groups in total. The van der Waals surface area contributed by atoms with E-state index in [4.69, 9.17) is 4.98 Å². The van der Waals surface area contributed by atoms with E-state index in [9.17, 15) is 0 Å². The van der Waals surface area contributed by atoms with Gasteiger partial charge in [-0.05, 0) is 36.6 Å². The van der Waals surface area contributed by atoms with Crippen molar-refractivity contribution >= 4 is 37.7 Å². The molecule has 0 saturated carbocycles. The van der Waals surface area contributed by atoms with E-state index in [1.54, 1.807) is 0 Å². The van der Waals surface area contributed by atoms with Crippen molar-refractivity contribution in [1.29, 1.82) is 0 Å². The molecule has 0 amide bonds. The van der Waals surface area contributed by atoms with E-state index >= 15 is 0 Å². The zero-order valence-corrected chi connectivity index (χ0v) is 12.4. The van der Waals surface area contributed by atoms with Crippen molar-refractivity contribution in [2.75, 3.05) is 6.54 Å². The lowest BCUT2D eigenvalue weighted by atomic mass is 10.1. The molecule has 2 aromatic carbocycles. The number of rotatable bonds is 4. The zero-order valence-electron chi connectivity index (χ0n) is 10.8. The second kappa shape index (κ2) is 5.31. The SMILES string of the molecule is CCCNCc1nc2c(ccc3cc(Br)ccc32)[nH]1. The van der Waals surface area contributed by atoms with Crippen LogP contribution in [0.15, 0.2) is 34.8 Å². The number of nitrogens with zero attached hydrogens (tertiary/aromatic N) is 1. The predicted molar refractivity (Wildman–Crippen MR) is 83.3 cm³/mol. The highest BCUT2D eigenvalue weighted by atomic mass is 79.9. The molecule has 1 aromatic heterocycles. The molecule has 1 heterocycles. The van der Waals surface area contributed by atoms with Crippen molar-refractivity contribution in [3.63, 3.8) is 0 Å². The van der Waals surface area contributed by atoms with Gasteiger partial charge in [0, 0.05) is 9.86 Å². The number of benzene rings is 2. The highest BCUT2D eigenvalue weighted by Gasteiger charge is 2.06. The third-order valence-electron chi connectivity index (χ3n) is 3.20. The molecular formula is C15H16BrN3. The minimum atomic E-state index is 0.792. The van der Waals surface area contributed by atoms with Crippen molar-refractivity contribution in [2.45, 2.75) is 19.9 Å². The molecule has 0 fully saturated rings. The van der Waals surface area contributed by atoms with Crippen molar-refractivity contribution in [3.05, 3.63) is 40.6 Å². The number of halogens is 1. The van der Waals surface area contributed by atoms with E-state index < -0.39 is 0 Å². The smallest absolute Gasteiger partial charge is 0.121 e. The summed E-state index contributed by atoms with van der Waals surface area (Å²) < 4.78 is 1.10. The topological polar surface area (TPSA) is 40.7 Å². The minimum absolute atomic E-state index is 0.792. The Labute approximate surface area is 120 Å². The van der Waals surface area contributed by atoms with Crippen LogP contribution in [0.3, 0.4) is 0 Å². The summed E-state index contributed by atoms with van der Waals surface area (Å²) in [7, 11) is 0. The van der Waals surface area contributed by atoms with Gasteiger partial charge in [0.1, 0.15) is 5.82 Å². The Morgan fingerprint density at radius 3 is 3.00 bits per heavy atom. The van der Waals surface area contributed by atoms with Gasteiger partial charge < -0.3 is 10.3 Å². The lowest BCUT2D eigenvalue weighted by molar-refractivity contribution is 0.656. The Kier molecular flexibility index (Phi) is 3.53. The number of fused-ring (bicyclic) bond motifs is 3. The Hall–Kier alpha value is -1.39. The fourth-order valence-corrected chi connectivity index (χ4v) is 2.67. The van der Waals surface area contributed by atoms with Gasteiger partial charge in [-0.1, -0.05) is 35.0 Å². The maximum absolute atomic E-state index is 4.71. The molecule has 0 aliphatic rings.